The molecule has 0 aliphatic heterocycles. The molecule has 0 fully saturated rings. The summed E-state index contributed by atoms with van der Waals surface area (Å²) in [4.78, 5) is 0. The maximum absolute atomic E-state index is 2.12. The molecule has 0 bridgehead atoms. The third-order valence-corrected chi connectivity index (χ3v) is 0. The highest BCUT2D eigenvalue weighted by Gasteiger charge is 1.88. The van der Waals surface area contributed by atoms with E-state index in [9.17, 15) is 0 Å². The minimum absolute atomic E-state index is 0. The monoisotopic (exact) mass is 111 g/mol. The van der Waals surface area contributed by atoms with E-state index in [0.29, 0.717) is 0 Å². The van der Waals surface area contributed by atoms with Crippen LogP contribution < -0.4 is 0 Å². The van der Waals surface area contributed by atoms with E-state index in [1.54, 1.807) is 0 Å². The van der Waals surface area contributed by atoms with Crippen LogP contribution >= 0.6 is 0 Å². The van der Waals surface area contributed by atoms with Gasteiger partial charge in [0.2, 0.25) is 0 Å². The highest BCUT2D eigenvalue weighted by molar-refractivity contribution is 3.87. The van der Waals surface area contributed by atoms with E-state index in [-0.39, 0.29) is 12.4 Å². The number of quaternary nitrogens is 1. The molecule has 0 aromatic carbocycles. The van der Waals surface area contributed by atoms with E-state index >= 15 is 0 Å². The minimum atomic E-state index is 0. The predicted molar refractivity (Wildman–Crippen MR) is 26.7 cm³/mol. The summed E-state index contributed by atoms with van der Waals surface area (Å²) in [6.45, 7) is 0. The Labute approximate surface area is 46.0 Å². The van der Waals surface area contributed by atoms with E-state index in [4.69, 9.17) is 0 Å². The van der Waals surface area contributed by atoms with Gasteiger partial charge < -0.3 is 4.48 Å². The molecular formula is C4H14ClN+2. The van der Waals surface area contributed by atoms with Crippen molar-refractivity contribution >= 4 is 0 Å². The van der Waals surface area contributed by atoms with Crippen LogP contribution in [0, 0.1) is 12.4 Å². The van der Waals surface area contributed by atoms with Crippen molar-refractivity contribution in [2.75, 3.05) is 28.2 Å². The minimum Gasteiger partial charge on any atom is -0.333 e. The van der Waals surface area contributed by atoms with Gasteiger partial charge in [0.05, 0.1) is 40.6 Å². The van der Waals surface area contributed by atoms with Crippen LogP contribution in [0.4, 0.5) is 0 Å². The molecule has 0 saturated carbocycles. The quantitative estimate of drug-likeness (QED) is 0.380. The van der Waals surface area contributed by atoms with Crippen LogP contribution in [0.3, 0.4) is 0 Å². The van der Waals surface area contributed by atoms with E-state index in [1.807, 2.05) is 0 Å². The normalized spacial score (nSPS) is 10.0. The zero-order valence-electron chi connectivity index (χ0n) is 4.89. The fourth-order valence-electron chi connectivity index (χ4n) is 0. The van der Waals surface area contributed by atoms with Gasteiger partial charge in [-0.3, -0.25) is 0 Å². The van der Waals surface area contributed by atoms with Crippen LogP contribution in [0.25, 0.3) is 0 Å². The average molecular weight is 112 g/mol. The number of hydrogen-bond donors (Lipinski definition) is 0. The molecule has 0 N–H and O–H groups in total. The van der Waals surface area contributed by atoms with Crippen LogP contribution in [-0.2, 0) is 0 Å². The molecule has 0 spiro atoms. The number of rotatable bonds is 0. The maximum atomic E-state index is 2.12. The fraction of sp³-hybridized carbons (Fsp3) is 1.00. The van der Waals surface area contributed by atoms with Gasteiger partial charge in [-0.25, -0.2) is 0 Å². The Morgan fingerprint density at radius 3 is 0.833 bits per heavy atom. The summed E-state index contributed by atoms with van der Waals surface area (Å²) in [7, 11) is 8.50. The fourth-order valence-corrected chi connectivity index (χ4v) is 0. The molecule has 0 amide bonds. The molecule has 0 aliphatic carbocycles. The van der Waals surface area contributed by atoms with Crippen molar-refractivity contribution < 1.29 is 16.9 Å². The molecule has 6 heavy (non-hydrogen) atoms. The first-order valence-electron chi connectivity index (χ1n) is 1.79. The highest BCUT2D eigenvalue weighted by atomic mass is 35.5. The zero-order valence-corrected chi connectivity index (χ0v) is 5.79. The molecule has 0 heterocycles. The van der Waals surface area contributed by atoms with Crippen molar-refractivity contribution in [1.82, 2.24) is 0 Å². The standard InChI is InChI=1S/C4H12N.ClH2/c1-5(2,3)4;/h1-4H3;1H2/q2*+1. The summed E-state index contributed by atoms with van der Waals surface area (Å²) in [6, 6.07) is 0. The summed E-state index contributed by atoms with van der Waals surface area (Å²) < 4.78 is 1.00. The highest BCUT2D eigenvalue weighted by Crippen LogP contribution is 1.73. The van der Waals surface area contributed by atoms with Gasteiger partial charge in [0.1, 0.15) is 0 Å². The van der Waals surface area contributed by atoms with Gasteiger partial charge in [-0.05, 0) is 0 Å². The van der Waals surface area contributed by atoms with Crippen molar-refractivity contribution in [3.05, 3.63) is 0 Å². The molecule has 0 aromatic heterocycles. The predicted octanol–water partition coefficient (Wildman–Crippen LogP) is -0.213. The topological polar surface area (TPSA) is 0 Å². The number of hydrogen-bond acceptors (Lipinski definition) is 0. The number of nitrogens with zero attached hydrogens (tertiary/aromatic N) is 1. The Bertz CT molecular complexity index is 23.0. The van der Waals surface area contributed by atoms with Gasteiger partial charge in [-0.2, -0.15) is 0 Å². The van der Waals surface area contributed by atoms with Gasteiger partial charge >= 0.3 is 0 Å². The molecule has 0 atom stereocenters. The molecular weight excluding hydrogens is 97.5 g/mol. The second-order valence-corrected chi connectivity index (χ2v) is 2.68. The molecule has 40 valence electrons. The third-order valence-electron chi connectivity index (χ3n) is 0. The summed E-state index contributed by atoms with van der Waals surface area (Å²) in [5.74, 6) is 0. The van der Waals surface area contributed by atoms with Crippen LogP contribution in [-0.4, -0.2) is 32.7 Å². The Kier molecular flexibility index (Phi) is 3.86. The Morgan fingerprint density at radius 2 is 0.833 bits per heavy atom. The van der Waals surface area contributed by atoms with Crippen LogP contribution in [0.5, 0.6) is 0 Å². The smallest absolute Gasteiger partial charge is 0.0903 e. The lowest BCUT2D eigenvalue weighted by Crippen LogP contribution is -2.27. The van der Waals surface area contributed by atoms with Crippen molar-refractivity contribution in [1.29, 1.82) is 0 Å². The SMILES string of the molecule is C[N+](C)(C)C.[ClH2+]. The van der Waals surface area contributed by atoms with Crippen LogP contribution in [0.1, 0.15) is 0 Å². The first kappa shape index (κ1) is 9.54. The summed E-state index contributed by atoms with van der Waals surface area (Å²) in [5.41, 5.74) is 0. The first-order chi connectivity index (χ1) is 2.00. The van der Waals surface area contributed by atoms with Crippen molar-refractivity contribution in [3.8, 4) is 0 Å². The second kappa shape index (κ2) is 2.43. The summed E-state index contributed by atoms with van der Waals surface area (Å²) in [5, 5.41) is 0. The second-order valence-electron chi connectivity index (χ2n) is 2.68. The largest absolute Gasteiger partial charge is 0.333 e. The molecule has 0 aliphatic rings. The molecule has 0 radical (unpaired) electrons. The van der Waals surface area contributed by atoms with Crippen LogP contribution in [0.15, 0.2) is 0 Å². The molecule has 0 aromatic rings. The van der Waals surface area contributed by atoms with Gasteiger partial charge in [-0.15, -0.1) is 0 Å². The van der Waals surface area contributed by atoms with Gasteiger partial charge in [-0.1, -0.05) is 0 Å². The molecule has 1 nitrogen and oxygen atoms in total. The Morgan fingerprint density at radius 1 is 0.833 bits per heavy atom. The van der Waals surface area contributed by atoms with Gasteiger partial charge in [0.15, 0.2) is 0 Å². The molecule has 0 rings (SSSR count). The lowest BCUT2D eigenvalue weighted by molar-refractivity contribution is -0.849. The average Bonchev–Trinajstić information content (AvgIpc) is 0.722. The Hall–Kier alpha value is 0.250. The maximum Gasteiger partial charge on any atom is 0.0903 e. The first-order valence-corrected chi connectivity index (χ1v) is 1.79. The van der Waals surface area contributed by atoms with Crippen LogP contribution in [0.2, 0.25) is 0 Å². The zero-order chi connectivity index (χ0) is 4.50. The molecule has 0 saturated heterocycles. The summed E-state index contributed by atoms with van der Waals surface area (Å²) in [6.07, 6.45) is 0. The van der Waals surface area contributed by atoms with Gasteiger partial charge in [0, 0.05) is 0 Å². The molecule has 2 heteroatoms. The van der Waals surface area contributed by atoms with Gasteiger partial charge in [0.25, 0.3) is 0 Å². The Balaban J connectivity index is 0. The van der Waals surface area contributed by atoms with Crippen molar-refractivity contribution in [2.24, 2.45) is 0 Å². The van der Waals surface area contributed by atoms with Crippen molar-refractivity contribution in [3.63, 3.8) is 0 Å². The van der Waals surface area contributed by atoms with E-state index in [1.165, 1.54) is 0 Å². The van der Waals surface area contributed by atoms with E-state index < -0.39 is 0 Å². The van der Waals surface area contributed by atoms with E-state index in [0.717, 1.165) is 4.48 Å². The lowest BCUT2D eigenvalue weighted by atomic mass is 10.8. The van der Waals surface area contributed by atoms with E-state index in [2.05, 4.69) is 28.2 Å². The summed E-state index contributed by atoms with van der Waals surface area (Å²) >= 11 is 0. The third kappa shape index (κ3) is 718. The number of halogens is 1. The molecule has 0 unspecified atom stereocenters. The lowest BCUT2D eigenvalue weighted by Gasteiger charge is -2.14. The van der Waals surface area contributed by atoms with Crippen molar-refractivity contribution in [2.45, 2.75) is 0 Å².